The number of esters is 2. The monoisotopic (exact) mass is 1420 g/mol. The lowest BCUT2D eigenvalue weighted by atomic mass is 9.33. The molecule has 110 heavy (non-hydrogen) atoms. The molecule has 0 N–H and O–H groups in total. The summed E-state index contributed by atoms with van der Waals surface area (Å²) in [5.74, 6) is 1.96. The average molecular weight is 1420 g/mol. The van der Waals surface area contributed by atoms with Crippen molar-refractivity contribution in [3.63, 3.8) is 0 Å². The molecule has 19 rings (SSSR count). The highest BCUT2D eigenvalue weighted by atomic mass is 16.5. The summed E-state index contributed by atoms with van der Waals surface area (Å²) in [6.07, 6.45) is 0. The maximum atomic E-state index is 14.6. The fourth-order valence-electron chi connectivity index (χ4n) is 15.2. The zero-order valence-electron chi connectivity index (χ0n) is 59.0. The van der Waals surface area contributed by atoms with E-state index in [9.17, 15) is 14.9 Å². The Morgan fingerprint density at radius 2 is 0.691 bits per heavy atom. The van der Waals surface area contributed by atoms with Crippen LogP contribution in [-0.2, 0) is 22.7 Å². The van der Waals surface area contributed by atoms with Gasteiger partial charge in [0.15, 0.2) is 34.9 Å². The van der Waals surface area contributed by atoms with E-state index in [-0.39, 0.29) is 13.2 Å². The second kappa shape index (κ2) is 28.1. The van der Waals surface area contributed by atoms with Crippen LogP contribution in [-0.4, -0.2) is 53.1 Å². The first kappa shape index (κ1) is 65.7. The van der Waals surface area contributed by atoms with Crippen molar-refractivity contribution in [1.82, 2.24) is 34.5 Å². The Kier molecular flexibility index (Phi) is 16.8. The molecule has 0 unspecified atom stereocenters. The van der Waals surface area contributed by atoms with Crippen molar-refractivity contribution in [2.24, 2.45) is 0 Å². The van der Waals surface area contributed by atoms with Crippen LogP contribution in [0.15, 0.2) is 346 Å². The van der Waals surface area contributed by atoms with Crippen LogP contribution >= 0.6 is 0 Å². The number of benzene rings is 14. The summed E-state index contributed by atoms with van der Waals surface area (Å²) in [7, 11) is 0. The Morgan fingerprint density at radius 3 is 1.11 bits per heavy atom. The van der Waals surface area contributed by atoms with Gasteiger partial charge in [-0.15, -0.1) is 0 Å². The highest BCUT2D eigenvalue weighted by molar-refractivity contribution is 7.00. The van der Waals surface area contributed by atoms with E-state index in [1.54, 1.807) is 0 Å². The van der Waals surface area contributed by atoms with Crippen molar-refractivity contribution in [3.05, 3.63) is 374 Å². The highest BCUT2D eigenvalue weighted by Crippen LogP contribution is 2.48. The van der Waals surface area contributed by atoms with Crippen molar-refractivity contribution >= 4 is 91.0 Å². The van der Waals surface area contributed by atoms with Gasteiger partial charge in [-0.2, -0.15) is 5.26 Å². The van der Waals surface area contributed by atoms with Gasteiger partial charge in [0.25, 0.3) is 6.71 Å². The Balaban J connectivity index is 0.850. The standard InChI is InChI=1S/C95H61BN10O4/c97-58-63-41-46-82(77(51-63)93-102-90(66-33-17-5-18-34-66)99-91(103-93)67-35-19-6-20-36-67)106-80-47-42-68(52-75(80)76-53-69(43-48-81(76)106)92-100-88(64-29-13-3-14-30-64)98-89(101-92)65-31-15-4-16-32-65)72-56-85-87-86(57-72)105(74-39-23-8-24-40-74)84-50-45-71(95(108)110-60-62-27-11-2-12-28-62)55-79(84)96(87)78-54-70(94(107)109-59-61-25-9-1-10-26-61)44-49-83(78)104(85)73-37-21-7-22-38-73/h1-57H,59-60H2. The van der Waals surface area contributed by atoms with Gasteiger partial charge in [-0.25, -0.2) is 39.5 Å². The van der Waals surface area contributed by atoms with Gasteiger partial charge in [-0.3, -0.25) is 0 Å². The summed E-state index contributed by atoms with van der Waals surface area (Å²) in [5, 5.41) is 12.6. The van der Waals surface area contributed by atoms with Crippen LogP contribution in [0.4, 0.5) is 34.1 Å². The topological polar surface area (TPSA) is 165 Å². The number of carbonyl (C=O) groups is 2. The molecule has 0 atom stereocenters. The van der Waals surface area contributed by atoms with Crippen LogP contribution in [0.2, 0.25) is 0 Å². The first-order valence-corrected chi connectivity index (χ1v) is 36.3. The SMILES string of the molecule is N#Cc1ccc(-n2c3ccc(-c4cc5c6c(c4)N(c4ccccc4)c4ccc(C(=O)OCc7ccccc7)cc4B6c4cc(C(=O)OCc6ccccc6)ccc4N5c4ccccc4)cc3c3cc(-c4nc(-c5ccccc5)nc(-c5ccccc5)n4)ccc32)c(-c2nc(-c3ccccc3)nc(-c3ccccc3)n2)c1. The van der Waals surface area contributed by atoms with Gasteiger partial charge in [0.2, 0.25) is 0 Å². The lowest BCUT2D eigenvalue weighted by molar-refractivity contribution is 0.0464. The predicted octanol–water partition coefficient (Wildman–Crippen LogP) is 19.5. The minimum Gasteiger partial charge on any atom is -0.457 e. The molecular weight excluding hydrogens is 1360 g/mol. The quantitative estimate of drug-likeness (QED) is 0.0663. The van der Waals surface area contributed by atoms with Gasteiger partial charge in [-0.1, -0.05) is 237 Å². The average Bonchev–Trinajstić information content (AvgIpc) is 0.813. The normalized spacial score (nSPS) is 11.9. The number of hydrogen-bond donors (Lipinski definition) is 0. The van der Waals surface area contributed by atoms with Crippen molar-refractivity contribution in [2.75, 3.05) is 9.80 Å². The Hall–Kier alpha value is -15.0. The Morgan fingerprint density at radius 1 is 0.327 bits per heavy atom. The minimum atomic E-state index is -0.541. The van der Waals surface area contributed by atoms with Crippen molar-refractivity contribution in [3.8, 4) is 91.2 Å². The first-order valence-electron chi connectivity index (χ1n) is 36.3. The summed E-state index contributed by atoms with van der Waals surface area (Å²) >= 11 is 0. The summed E-state index contributed by atoms with van der Waals surface area (Å²) in [6, 6.07) is 117. The van der Waals surface area contributed by atoms with Crippen LogP contribution in [0, 0.1) is 11.3 Å². The van der Waals surface area contributed by atoms with E-state index >= 15 is 0 Å². The Bertz CT molecular complexity index is 6190. The van der Waals surface area contributed by atoms with Gasteiger partial charge in [0.05, 0.1) is 39.5 Å². The lowest BCUT2D eigenvalue weighted by Crippen LogP contribution is -2.61. The molecular formula is C95H61BN10O4. The maximum absolute atomic E-state index is 14.6. The number of anilines is 6. The maximum Gasteiger partial charge on any atom is 0.338 e. The second-order valence-corrected chi connectivity index (χ2v) is 27.1. The van der Waals surface area contributed by atoms with Crippen LogP contribution in [0.1, 0.15) is 37.4 Å². The van der Waals surface area contributed by atoms with E-state index in [1.165, 1.54) is 0 Å². The molecule has 14 aromatic carbocycles. The molecule has 3 aromatic heterocycles. The van der Waals surface area contributed by atoms with Gasteiger partial charge < -0.3 is 23.8 Å². The second-order valence-electron chi connectivity index (χ2n) is 27.1. The van der Waals surface area contributed by atoms with E-state index in [1.807, 2.05) is 273 Å². The van der Waals surface area contributed by atoms with Crippen LogP contribution in [0.3, 0.4) is 0 Å². The van der Waals surface area contributed by atoms with Gasteiger partial charge in [0, 0.05) is 78.3 Å². The Labute approximate surface area is 633 Å². The molecule has 17 aromatic rings. The molecule has 518 valence electrons. The summed E-state index contributed by atoms with van der Waals surface area (Å²) in [6.45, 7) is -0.354. The van der Waals surface area contributed by atoms with Crippen LogP contribution in [0.25, 0.3) is 107 Å². The molecule has 0 aliphatic carbocycles. The smallest absolute Gasteiger partial charge is 0.338 e. The molecule has 0 amide bonds. The summed E-state index contributed by atoms with van der Waals surface area (Å²) < 4.78 is 14.4. The summed E-state index contributed by atoms with van der Waals surface area (Å²) in [4.78, 5) is 64.9. The molecule has 0 radical (unpaired) electrons. The number of aromatic nitrogens is 7. The highest BCUT2D eigenvalue weighted by Gasteiger charge is 2.45. The fourth-order valence-corrected chi connectivity index (χ4v) is 15.2. The van der Waals surface area contributed by atoms with E-state index < -0.39 is 18.7 Å². The molecule has 5 heterocycles. The molecule has 0 saturated carbocycles. The predicted molar refractivity (Wildman–Crippen MR) is 435 cm³/mol. The number of para-hydroxylation sites is 2. The number of hydrogen-bond acceptors (Lipinski definition) is 13. The van der Waals surface area contributed by atoms with Crippen molar-refractivity contribution < 1.29 is 19.1 Å². The van der Waals surface area contributed by atoms with E-state index in [4.69, 9.17) is 39.4 Å². The first-order chi connectivity index (χ1) is 54.3. The van der Waals surface area contributed by atoms with E-state index in [0.717, 1.165) is 128 Å². The molecule has 0 fully saturated rings. The molecule has 15 heteroatoms. The van der Waals surface area contributed by atoms with Gasteiger partial charge in [0.1, 0.15) is 13.2 Å². The van der Waals surface area contributed by atoms with Crippen molar-refractivity contribution in [2.45, 2.75) is 13.2 Å². The third-order valence-corrected chi connectivity index (χ3v) is 20.4. The number of nitriles is 1. The third-order valence-electron chi connectivity index (χ3n) is 20.4. The number of ether oxygens (including phenoxy) is 2. The number of fused-ring (bicyclic) bond motifs is 7. The van der Waals surface area contributed by atoms with Gasteiger partial charge in [-0.05, 0) is 148 Å². The van der Waals surface area contributed by atoms with Crippen molar-refractivity contribution in [1.29, 1.82) is 5.26 Å². The molecule has 2 aliphatic heterocycles. The molecule has 0 saturated heterocycles. The van der Waals surface area contributed by atoms with Crippen LogP contribution in [0.5, 0.6) is 0 Å². The molecule has 2 aliphatic rings. The molecule has 0 spiro atoms. The molecule has 14 nitrogen and oxygen atoms in total. The third kappa shape index (κ3) is 12.2. The number of nitrogens with zero attached hydrogens (tertiary/aromatic N) is 10. The lowest BCUT2D eigenvalue weighted by Gasteiger charge is -2.44. The van der Waals surface area contributed by atoms with Crippen LogP contribution < -0.4 is 26.2 Å². The summed E-state index contributed by atoms with van der Waals surface area (Å²) in [5.41, 5.74) is 19.7. The number of rotatable bonds is 16. The van der Waals surface area contributed by atoms with Gasteiger partial charge >= 0.3 is 11.9 Å². The largest absolute Gasteiger partial charge is 0.457 e. The zero-order chi connectivity index (χ0) is 73.6. The van der Waals surface area contributed by atoms with E-state index in [2.05, 4.69) is 93.2 Å². The zero-order valence-corrected chi connectivity index (χ0v) is 59.0. The molecule has 0 bridgehead atoms. The fraction of sp³-hybridized carbons (Fsp3) is 0.0211. The number of carbonyl (C=O) groups excluding carboxylic acids is 2. The minimum absolute atomic E-state index is 0.0934. The van der Waals surface area contributed by atoms with E-state index in [0.29, 0.717) is 57.2 Å².